The number of benzene rings is 2. The van der Waals surface area contributed by atoms with Crippen molar-refractivity contribution in [3.63, 3.8) is 0 Å². The molecule has 1 heterocycles. The molecule has 0 radical (unpaired) electrons. The number of ketones is 1. The average molecular weight is 453 g/mol. The van der Waals surface area contributed by atoms with Crippen molar-refractivity contribution in [2.24, 2.45) is 5.92 Å². The van der Waals surface area contributed by atoms with E-state index in [4.69, 9.17) is 14.2 Å². The fraction of sp³-hybridized carbons (Fsp3) is 0.333. The van der Waals surface area contributed by atoms with Gasteiger partial charge in [0.25, 0.3) is 5.69 Å². The number of nitro benzene ring substituents is 1. The molecule has 0 aromatic heterocycles. The minimum atomic E-state index is -0.451. The fourth-order valence-corrected chi connectivity index (χ4v) is 3.99. The van der Waals surface area contributed by atoms with Gasteiger partial charge in [0.05, 0.1) is 36.2 Å². The van der Waals surface area contributed by atoms with Crippen molar-refractivity contribution in [3.8, 4) is 5.75 Å². The number of non-ortho nitro benzene ring substituents is 1. The highest BCUT2D eigenvalue weighted by molar-refractivity contribution is 5.96. The molecule has 2 aromatic rings. The normalized spacial score (nSPS) is 21.9. The molecule has 2 aromatic carbocycles. The lowest BCUT2D eigenvalue weighted by Crippen LogP contribution is -2.42. The van der Waals surface area contributed by atoms with Crippen molar-refractivity contribution in [2.75, 3.05) is 7.11 Å². The monoisotopic (exact) mass is 453 g/mol. The van der Waals surface area contributed by atoms with Crippen molar-refractivity contribution >= 4 is 17.4 Å². The van der Waals surface area contributed by atoms with Crippen molar-refractivity contribution in [2.45, 2.75) is 38.1 Å². The molecule has 3 atom stereocenters. The van der Waals surface area contributed by atoms with Crippen LogP contribution in [0.2, 0.25) is 0 Å². The molecule has 3 unspecified atom stereocenters. The highest BCUT2D eigenvalue weighted by Crippen LogP contribution is 2.35. The lowest BCUT2D eigenvalue weighted by Gasteiger charge is -2.37. The second-order valence-electron chi connectivity index (χ2n) is 7.92. The van der Waals surface area contributed by atoms with E-state index in [1.807, 2.05) is 0 Å². The summed E-state index contributed by atoms with van der Waals surface area (Å²) in [4.78, 5) is 34.8. The summed E-state index contributed by atoms with van der Waals surface area (Å²) in [6.45, 7) is 0.333. The Hall–Kier alpha value is -3.72. The number of Topliss-reactive ketones (excluding diaryl/α,β-unsaturated/α-hetero) is 1. The van der Waals surface area contributed by atoms with Gasteiger partial charge in [-0.25, -0.2) is 4.79 Å². The molecule has 0 N–H and O–H groups in total. The van der Waals surface area contributed by atoms with E-state index in [-0.39, 0.29) is 35.4 Å². The van der Waals surface area contributed by atoms with Crippen molar-refractivity contribution < 1.29 is 33.5 Å². The third-order valence-electron chi connectivity index (χ3n) is 5.81. The molecule has 9 heteroatoms. The number of esters is 1. The average Bonchev–Trinajstić information content (AvgIpc) is 2.84. The third-order valence-corrected chi connectivity index (χ3v) is 5.81. The molecule has 1 saturated carbocycles. The predicted octanol–water partition coefficient (Wildman–Crippen LogP) is 3.96. The van der Waals surface area contributed by atoms with Gasteiger partial charge in [-0.1, -0.05) is 0 Å². The van der Waals surface area contributed by atoms with Crippen molar-refractivity contribution in [1.82, 2.24) is 0 Å². The fourth-order valence-electron chi connectivity index (χ4n) is 3.99. The van der Waals surface area contributed by atoms with Gasteiger partial charge in [-0.15, -0.1) is 0 Å². The number of allylic oxidation sites excluding steroid dienone is 1. The number of nitro groups is 1. The zero-order valence-electron chi connectivity index (χ0n) is 18.0. The van der Waals surface area contributed by atoms with Gasteiger partial charge in [0.15, 0.2) is 0 Å². The molecule has 0 saturated heterocycles. The maximum absolute atomic E-state index is 12.9. The van der Waals surface area contributed by atoms with Crippen LogP contribution in [-0.4, -0.2) is 36.0 Å². The standard InChI is InChI=1S/C24H23NO8/c1-30-24(27)16-4-8-18(9-5-16)33-22-14-32-21-12-19(10-11-20(21)23(22)26)31-13-15-2-6-17(7-3-15)25(28)29/h2-9,14,19-21H,10-13H2,1H3. The molecule has 33 heavy (non-hydrogen) atoms. The zero-order valence-corrected chi connectivity index (χ0v) is 18.0. The van der Waals surface area contributed by atoms with Gasteiger partial charge in [-0.3, -0.25) is 14.9 Å². The SMILES string of the molecule is COC(=O)c1ccc(OC2=COC3CC(OCc4ccc([N+](=O)[O-])cc4)CCC3C2=O)cc1. The maximum Gasteiger partial charge on any atom is 0.337 e. The summed E-state index contributed by atoms with van der Waals surface area (Å²) in [5, 5.41) is 10.8. The van der Waals surface area contributed by atoms with Crippen LogP contribution in [0.25, 0.3) is 0 Å². The van der Waals surface area contributed by atoms with Crippen LogP contribution in [0, 0.1) is 16.0 Å². The minimum Gasteiger partial charge on any atom is -0.493 e. The second kappa shape index (κ2) is 9.83. The van der Waals surface area contributed by atoms with Crippen LogP contribution in [0.3, 0.4) is 0 Å². The van der Waals surface area contributed by atoms with E-state index in [1.165, 1.54) is 25.5 Å². The van der Waals surface area contributed by atoms with E-state index in [9.17, 15) is 19.7 Å². The van der Waals surface area contributed by atoms with Crippen LogP contribution >= 0.6 is 0 Å². The summed E-state index contributed by atoms with van der Waals surface area (Å²) in [6.07, 6.45) is 2.86. The first-order valence-electron chi connectivity index (χ1n) is 10.6. The summed E-state index contributed by atoms with van der Waals surface area (Å²) in [5.41, 5.74) is 1.27. The number of hydrogen-bond donors (Lipinski definition) is 0. The van der Waals surface area contributed by atoms with Crippen molar-refractivity contribution in [1.29, 1.82) is 0 Å². The molecule has 1 aliphatic carbocycles. The van der Waals surface area contributed by atoms with Crippen LogP contribution in [0.4, 0.5) is 5.69 Å². The largest absolute Gasteiger partial charge is 0.493 e. The number of hydrogen-bond acceptors (Lipinski definition) is 8. The molecule has 0 bridgehead atoms. The lowest BCUT2D eigenvalue weighted by atomic mass is 9.80. The Morgan fingerprint density at radius 1 is 1.12 bits per heavy atom. The van der Waals surface area contributed by atoms with E-state index >= 15 is 0 Å². The molecule has 1 aliphatic heterocycles. The summed E-state index contributed by atoms with van der Waals surface area (Å²) < 4.78 is 22.1. The minimum absolute atomic E-state index is 0.0394. The first-order valence-corrected chi connectivity index (χ1v) is 10.6. The highest BCUT2D eigenvalue weighted by atomic mass is 16.6. The van der Waals surface area contributed by atoms with Crippen molar-refractivity contribution in [3.05, 3.63) is 81.8 Å². The number of nitrogens with zero attached hydrogens (tertiary/aromatic N) is 1. The summed E-state index contributed by atoms with van der Waals surface area (Å²) in [6, 6.07) is 12.6. The molecular formula is C24H23NO8. The van der Waals surface area contributed by atoms with Crippen LogP contribution in [0.1, 0.15) is 35.2 Å². The van der Waals surface area contributed by atoms with Crippen LogP contribution < -0.4 is 4.74 Å². The lowest BCUT2D eigenvalue weighted by molar-refractivity contribution is -0.384. The molecule has 0 spiro atoms. The number of ether oxygens (including phenoxy) is 4. The highest BCUT2D eigenvalue weighted by Gasteiger charge is 2.41. The molecule has 9 nitrogen and oxygen atoms in total. The smallest absolute Gasteiger partial charge is 0.337 e. The van der Waals surface area contributed by atoms with Gasteiger partial charge in [0, 0.05) is 18.6 Å². The van der Waals surface area contributed by atoms with E-state index in [0.717, 1.165) is 5.56 Å². The second-order valence-corrected chi connectivity index (χ2v) is 7.92. The Balaban J connectivity index is 1.32. The van der Waals surface area contributed by atoms with E-state index < -0.39 is 10.9 Å². The summed E-state index contributed by atoms with van der Waals surface area (Å²) in [5.74, 6) is -0.319. The first-order chi connectivity index (χ1) is 15.9. The van der Waals surface area contributed by atoms with Gasteiger partial charge >= 0.3 is 5.97 Å². The zero-order chi connectivity index (χ0) is 23.4. The number of carbonyl (C=O) groups is 2. The Labute approximate surface area is 190 Å². The topological polar surface area (TPSA) is 114 Å². The van der Waals surface area contributed by atoms with Gasteiger partial charge in [0.2, 0.25) is 11.5 Å². The Kier molecular flexibility index (Phi) is 6.69. The molecule has 2 aliphatic rings. The summed E-state index contributed by atoms with van der Waals surface area (Å²) >= 11 is 0. The van der Waals surface area contributed by atoms with Gasteiger partial charge in [0.1, 0.15) is 18.1 Å². The number of fused-ring (bicyclic) bond motifs is 1. The molecule has 172 valence electrons. The van der Waals surface area contributed by atoms with E-state index in [2.05, 4.69) is 4.74 Å². The first kappa shape index (κ1) is 22.5. The third kappa shape index (κ3) is 5.20. The van der Waals surface area contributed by atoms with Crippen LogP contribution in [0.15, 0.2) is 60.6 Å². The van der Waals surface area contributed by atoms with Gasteiger partial charge < -0.3 is 18.9 Å². The van der Waals surface area contributed by atoms with E-state index in [1.54, 1.807) is 36.4 Å². The van der Waals surface area contributed by atoms with Gasteiger partial charge in [-0.05, 0) is 54.8 Å². The maximum atomic E-state index is 12.9. The molecule has 4 rings (SSSR count). The molecule has 0 amide bonds. The van der Waals surface area contributed by atoms with E-state index in [0.29, 0.717) is 37.2 Å². The number of carbonyl (C=O) groups excluding carboxylic acids is 2. The molecule has 1 fully saturated rings. The Bertz CT molecular complexity index is 1060. The Morgan fingerprint density at radius 2 is 1.85 bits per heavy atom. The summed E-state index contributed by atoms with van der Waals surface area (Å²) in [7, 11) is 1.31. The van der Waals surface area contributed by atoms with Crippen LogP contribution in [0.5, 0.6) is 5.75 Å². The number of rotatable bonds is 7. The van der Waals surface area contributed by atoms with Gasteiger partial charge in [-0.2, -0.15) is 0 Å². The molecular weight excluding hydrogens is 430 g/mol. The number of methoxy groups -OCH3 is 1. The Morgan fingerprint density at radius 3 is 2.52 bits per heavy atom. The van der Waals surface area contributed by atoms with Crippen LogP contribution in [-0.2, 0) is 25.6 Å². The quantitative estimate of drug-likeness (QED) is 0.352. The predicted molar refractivity (Wildman–Crippen MR) is 115 cm³/mol.